The van der Waals surface area contributed by atoms with Crippen LogP contribution in [0.25, 0.3) is 0 Å². The number of rotatable bonds is 20. The van der Waals surface area contributed by atoms with Crippen LogP contribution in [0.3, 0.4) is 0 Å². The van der Waals surface area contributed by atoms with Crippen molar-refractivity contribution in [1.29, 1.82) is 0 Å². The van der Waals surface area contributed by atoms with E-state index in [9.17, 15) is 58.5 Å². The maximum Gasteiger partial charge on any atom is 0.350 e. The van der Waals surface area contributed by atoms with Gasteiger partial charge in [-0.25, -0.2) is 14.4 Å². The van der Waals surface area contributed by atoms with Crippen LogP contribution in [0.2, 0.25) is 0 Å². The van der Waals surface area contributed by atoms with Gasteiger partial charge >= 0.3 is 23.9 Å². The Labute approximate surface area is 301 Å². The number of carbonyl (C=O) groups is 9. The molecule has 20 heteroatoms. The molecule has 0 saturated carbocycles. The van der Waals surface area contributed by atoms with Gasteiger partial charge in [0.15, 0.2) is 6.04 Å². The van der Waals surface area contributed by atoms with Crippen LogP contribution in [0.1, 0.15) is 52.0 Å². The first-order valence-corrected chi connectivity index (χ1v) is 17.1. The van der Waals surface area contributed by atoms with Crippen LogP contribution in [-0.2, 0) is 49.6 Å². The summed E-state index contributed by atoms with van der Waals surface area (Å²) in [4.78, 5) is 114. The van der Waals surface area contributed by atoms with Crippen LogP contribution < -0.4 is 26.6 Å². The highest BCUT2D eigenvalue weighted by molar-refractivity contribution is 8.00. The molecule has 0 saturated heterocycles. The number of thioether (sulfide) groups is 1. The number of amides is 5. The van der Waals surface area contributed by atoms with Gasteiger partial charge in [0.2, 0.25) is 29.5 Å². The lowest BCUT2D eigenvalue weighted by molar-refractivity contribution is -0.142. The van der Waals surface area contributed by atoms with Crippen LogP contribution in [0.4, 0.5) is 0 Å². The van der Waals surface area contributed by atoms with Crippen LogP contribution >= 0.6 is 11.8 Å². The van der Waals surface area contributed by atoms with Crippen molar-refractivity contribution in [1.82, 2.24) is 26.6 Å². The summed E-state index contributed by atoms with van der Waals surface area (Å²) in [6.07, 6.45) is -1.25. The first-order chi connectivity index (χ1) is 24.4. The predicted molar refractivity (Wildman–Crippen MR) is 183 cm³/mol. The topological polar surface area (TPSA) is 307 Å². The smallest absolute Gasteiger partial charge is 0.350 e. The first kappa shape index (κ1) is 42.6. The Morgan fingerprint density at radius 2 is 1.38 bits per heavy atom. The highest BCUT2D eigenvalue weighted by Crippen LogP contribution is 2.30. The van der Waals surface area contributed by atoms with E-state index in [0.717, 1.165) is 18.7 Å². The number of hydrogen-bond donors (Lipinski definition) is 9. The number of nitrogens with one attached hydrogen (secondary N) is 5. The maximum absolute atomic E-state index is 13.3. The van der Waals surface area contributed by atoms with Gasteiger partial charge in [-0.2, -0.15) is 0 Å². The lowest BCUT2D eigenvalue weighted by Gasteiger charge is -2.30. The van der Waals surface area contributed by atoms with Crippen molar-refractivity contribution in [2.24, 2.45) is 10.9 Å². The second kappa shape index (κ2) is 20.4. The Hall–Kier alpha value is -5.53. The molecule has 0 fully saturated rings. The number of hydrogen-bond acceptors (Lipinski definition) is 11. The van der Waals surface area contributed by atoms with Crippen LogP contribution in [0, 0.1) is 5.92 Å². The van der Waals surface area contributed by atoms with E-state index in [0.29, 0.717) is 5.56 Å². The number of carbonyl (C=O) groups excluding carboxylic acids is 5. The van der Waals surface area contributed by atoms with Crippen LogP contribution in [0.5, 0.6) is 0 Å². The number of aliphatic carboxylic acids is 4. The van der Waals surface area contributed by atoms with Gasteiger partial charge in [-0.1, -0.05) is 30.3 Å². The standard InChI is InChI=1S/C32H42N6O13S/c1-15(26(42)34-16(2)29(44)45)33-27(43)20(36-22(40)12-11-21(30(46)47)35-17(3)39)10-9-19-14-52-28(38-24(19)31(48)49)25(32(50)51)37-23(41)13-18-7-5-4-6-8-18/h4-8,15-16,19-21,25,28H,9-14H2,1-3H3,(H,33,43)(H,34,42)(H,35,39)(H,36,40)(H,37,41)(H,44,45)(H,46,47)(H,48,49)(H,50,51)/t15-,16-,19?,20+,21-,25+,28-/m1/s1. The van der Waals surface area contributed by atoms with E-state index < -0.39 is 107 Å². The van der Waals surface area contributed by atoms with Gasteiger partial charge in [0.1, 0.15) is 35.3 Å². The first-order valence-electron chi connectivity index (χ1n) is 16.0. The maximum atomic E-state index is 13.3. The molecule has 1 heterocycles. The molecule has 1 aromatic carbocycles. The van der Waals surface area contributed by atoms with Gasteiger partial charge in [0, 0.05) is 25.0 Å². The average Bonchev–Trinajstić information content (AvgIpc) is 3.07. The quantitative estimate of drug-likeness (QED) is 0.0752. The fourth-order valence-corrected chi connectivity index (χ4v) is 6.23. The number of carboxylic acids is 4. The monoisotopic (exact) mass is 750 g/mol. The summed E-state index contributed by atoms with van der Waals surface area (Å²) >= 11 is 0.967. The Balaban J connectivity index is 2.23. The Morgan fingerprint density at radius 3 is 1.94 bits per heavy atom. The molecule has 1 aliphatic heterocycles. The largest absolute Gasteiger partial charge is 0.480 e. The van der Waals surface area contributed by atoms with Crippen molar-refractivity contribution in [2.75, 3.05) is 5.75 Å². The molecule has 9 N–H and O–H groups in total. The molecule has 0 spiro atoms. The molecule has 0 aromatic heterocycles. The van der Waals surface area contributed by atoms with E-state index in [1.165, 1.54) is 13.8 Å². The summed E-state index contributed by atoms with van der Waals surface area (Å²) < 4.78 is 0. The minimum atomic E-state index is -1.57. The summed E-state index contributed by atoms with van der Waals surface area (Å²) in [5, 5.41) is 48.6. The number of nitrogens with zero attached hydrogens (tertiary/aromatic N) is 1. The summed E-state index contributed by atoms with van der Waals surface area (Å²) in [5.74, 6) is -10.4. The van der Waals surface area contributed by atoms with E-state index in [4.69, 9.17) is 5.11 Å². The lowest BCUT2D eigenvalue weighted by Crippen LogP contribution is -2.54. The average molecular weight is 751 g/mol. The zero-order valence-corrected chi connectivity index (χ0v) is 29.3. The van der Waals surface area contributed by atoms with E-state index in [-0.39, 0.29) is 31.4 Å². The Kier molecular flexibility index (Phi) is 16.7. The number of carboxylic acid groups (broad SMARTS) is 4. The van der Waals surface area contributed by atoms with Crippen molar-refractivity contribution >= 4 is 70.9 Å². The summed E-state index contributed by atoms with van der Waals surface area (Å²) in [6, 6.07) is 1.57. The van der Waals surface area contributed by atoms with Gasteiger partial charge in [-0.3, -0.25) is 33.8 Å². The second-order valence-corrected chi connectivity index (χ2v) is 13.1. The molecule has 1 aromatic rings. The Bertz CT molecular complexity index is 1560. The van der Waals surface area contributed by atoms with Gasteiger partial charge in [0.05, 0.1) is 6.42 Å². The van der Waals surface area contributed by atoms with E-state index in [2.05, 4.69) is 31.6 Å². The number of aliphatic imine (C=N–C) groups is 1. The molecule has 52 heavy (non-hydrogen) atoms. The Morgan fingerprint density at radius 1 is 0.750 bits per heavy atom. The van der Waals surface area contributed by atoms with Gasteiger partial charge < -0.3 is 47.0 Å². The fraction of sp³-hybridized carbons (Fsp3) is 0.500. The molecule has 19 nitrogen and oxygen atoms in total. The number of benzene rings is 1. The summed E-state index contributed by atoms with van der Waals surface area (Å²) in [6.45, 7) is 3.56. The zero-order valence-electron chi connectivity index (χ0n) is 28.5. The minimum absolute atomic E-state index is 0.000680. The summed E-state index contributed by atoms with van der Waals surface area (Å²) in [5.41, 5.74) is 0.202. The molecular weight excluding hydrogens is 708 g/mol. The van der Waals surface area contributed by atoms with Gasteiger partial charge in [-0.15, -0.1) is 11.8 Å². The van der Waals surface area contributed by atoms with Crippen molar-refractivity contribution in [3.8, 4) is 0 Å². The second-order valence-electron chi connectivity index (χ2n) is 11.9. The molecule has 5 amide bonds. The van der Waals surface area contributed by atoms with Gasteiger partial charge in [0.25, 0.3) is 0 Å². The molecule has 2 rings (SSSR count). The van der Waals surface area contributed by atoms with E-state index in [1.807, 2.05) is 0 Å². The highest BCUT2D eigenvalue weighted by atomic mass is 32.2. The van der Waals surface area contributed by atoms with Crippen molar-refractivity contribution in [2.45, 2.75) is 88.5 Å². The van der Waals surface area contributed by atoms with E-state index in [1.54, 1.807) is 30.3 Å². The molecule has 0 aliphatic carbocycles. The SMILES string of the molecule is CC(=O)N[C@H](CCC(=O)N[C@@H](CCC1CS[C@H]([C@H](NC(=O)Cc2ccccc2)C(=O)O)N=C1C(=O)O)C(=O)N[C@H](C)C(=O)N[C@H](C)C(=O)O)C(=O)O. The van der Waals surface area contributed by atoms with Crippen LogP contribution in [0.15, 0.2) is 35.3 Å². The lowest BCUT2D eigenvalue weighted by atomic mass is 9.95. The van der Waals surface area contributed by atoms with E-state index >= 15 is 0 Å². The molecule has 1 unspecified atom stereocenters. The van der Waals surface area contributed by atoms with Crippen molar-refractivity contribution in [3.63, 3.8) is 0 Å². The van der Waals surface area contributed by atoms with Gasteiger partial charge in [-0.05, 0) is 38.7 Å². The molecular formula is C32H42N6O13S. The summed E-state index contributed by atoms with van der Waals surface area (Å²) in [7, 11) is 0. The highest BCUT2D eigenvalue weighted by Gasteiger charge is 2.38. The predicted octanol–water partition coefficient (Wildman–Crippen LogP) is -1.26. The normalized spacial score (nSPS) is 18.1. The molecule has 0 radical (unpaired) electrons. The van der Waals surface area contributed by atoms with Crippen LogP contribution in [-0.4, -0.2) is 121 Å². The fourth-order valence-electron chi connectivity index (χ4n) is 4.92. The zero-order chi connectivity index (χ0) is 39.1. The minimum Gasteiger partial charge on any atom is -0.480 e. The third-order valence-electron chi connectivity index (χ3n) is 7.69. The molecule has 284 valence electrons. The third-order valence-corrected chi connectivity index (χ3v) is 9.00. The third kappa shape index (κ3) is 14.0. The molecule has 7 atom stereocenters. The van der Waals surface area contributed by atoms with Crippen molar-refractivity contribution in [3.05, 3.63) is 35.9 Å². The van der Waals surface area contributed by atoms with Crippen molar-refractivity contribution < 1.29 is 63.6 Å². The molecule has 0 bridgehead atoms. The molecule has 1 aliphatic rings.